The monoisotopic (exact) mass is 240 g/mol. The number of rotatable bonds is 3. The highest BCUT2D eigenvalue weighted by Gasteiger charge is 2.27. The van der Waals surface area contributed by atoms with Crippen LogP contribution in [0.3, 0.4) is 0 Å². The van der Waals surface area contributed by atoms with Gasteiger partial charge in [0.05, 0.1) is 0 Å². The van der Waals surface area contributed by atoms with Crippen molar-refractivity contribution in [2.75, 3.05) is 52.4 Å². The Hall–Kier alpha value is -0.650. The fraction of sp³-hybridized carbons (Fsp3) is 0.917. The molecule has 2 fully saturated rings. The number of nitrogens with zero attached hydrogens (tertiary/aromatic N) is 2. The van der Waals surface area contributed by atoms with Crippen LogP contribution in [-0.2, 0) is 4.79 Å². The predicted molar refractivity (Wildman–Crippen MR) is 67.7 cm³/mol. The third kappa shape index (κ3) is 3.40. The van der Waals surface area contributed by atoms with Crippen molar-refractivity contribution in [3.05, 3.63) is 0 Å². The molecule has 0 unspecified atom stereocenters. The number of piperazine rings is 1. The third-order valence-corrected chi connectivity index (χ3v) is 3.82. The largest absolute Gasteiger partial charge is 0.340 e. The van der Waals surface area contributed by atoms with Crippen molar-refractivity contribution in [3.63, 3.8) is 0 Å². The highest BCUT2D eigenvalue weighted by atomic mass is 16.2. The highest BCUT2D eigenvalue weighted by molar-refractivity contribution is 5.79. The average molecular weight is 240 g/mol. The van der Waals surface area contributed by atoms with Gasteiger partial charge in [0, 0.05) is 45.2 Å². The van der Waals surface area contributed by atoms with Crippen LogP contribution in [-0.4, -0.2) is 68.1 Å². The minimum atomic E-state index is 0.261. The average Bonchev–Trinajstić information content (AvgIpc) is 2.40. The van der Waals surface area contributed by atoms with Crippen LogP contribution in [0, 0.1) is 5.92 Å². The molecular formula is C12H24N4O. The van der Waals surface area contributed by atoms with Gasteiger partial charge < -0.3 is 16.0 Å². The van der Waals surface area contributed by atoms with Crippen molar-refractivity contribution in [2.24, 2.45) is 11.7 Å². The van der Waals surface area contributed by atoms with Gasteiger partial charge in [0.15, 0.2) is 0 Å². The molecule has 17 heavy (non-hydrogen) atoms. The summed E-state index contributed by atoms with van der Waals surface area (Å²) in [5, 5.41) is 3.30. The van der Waals surface area contributed by atoms with E-state index in [9.17, 15) is 4.79 Å². The van der Waals surface area contributed by atoms with Gasteiger partial charge in [-0.2, -0.15) is 0 Å². The maximum atomic E-state index is 12.3. The van der Waals surface area contributed by atoms with Crippen molar-refractivity contribution in [2.45, 2.75) is 12.8 Å². The van der Waals surface area contributed by atoms with Gasteiger partial charge in [0.25, 0.3) is 0 Å². The molecule has 0 bridgehead atoms. The molecule has 0 atom stereocenters. The summed E-state index contributed by atoms with van der Waals surface area (Å²) in [5.41, 5.74) is 5.54. The molecule has 2 aliphatic heterocycles. The second-order valence-corrected chi connectivity index (χ2v) is 4.98. The van der Waals surface area contributed by atoms with Crippen molar-refractivity contribution in [3.8, 4) is 0 Å². The Labute approximate surface area is 103 Å². The van der Waals surface area contributed by atoms with Crippen LogP contribution >= 0.6 is 0 Å². The molecule has 2 aliphatic rings. The molecule has 98 valence electrons. The lowest BCUT2D eigenvalue weighted by atomic mass is 9.96. The lowest BCUT2D eigenvalue weighted by Gasteiger charge is -2.37. The van der Waals surface area contributed by atoms with E-state index >= 15 is 0 Å². The first kappa shape index (κ1) is 12.8. The van der Waals surface area contributed by atoms with Crippen LogP contribution in [0.1, 0.15) is 12.8 Å². The van der Waals surface area contributed by atoms with Crippen molar-refractivity contribution < 1.29 is 4.79 Å². The molecule has 2 rings (SSSR count). The lowest BCUT2D eigenvalue weighted by Crippen LogP contribution is -2.52. The molecule has 0 aromatic carbocycles. The maximum absolute atomic E-state index is 12.3. The van der Waals surface area contributed by atoms with Crippen LogP contribution in [0.4, 0.5) is 0 Å². The number of carbonyl (C=O) groups is 1. The topological polar surface area (TPSA) is 61.6 Å². The van der Waals surface area contributed by atoms with E-state index in [-0.39, 0.29) is 5.92 Å². The summed E-state index contributed by atoms with van der Waals surface area (Å²) in [4.78, 5) is 16.7. The van der Waals surface area contributed by atoms with E-state index < -0.39 is 0 Å². The molecule has 2 heterocycles. The molecule has 0 spiro atoms. The third-order valence-electron chi connectivity index (χ3n) is 3.82. The maximum Gasteiger partial charge on any atom is 0.225 e. The first-order chi connectivity index (χ1) is 8.31. The van der Waals surface area contributed by atoms with E-state index in [2.05, 4.69) is 10.2 Å². The molecule has 3 N–H and O–H groups in total. The molecule has 0 aromatic heterocycles. The number of hydrogen-bond acceptors (Lipinski definition) is 4. The zero-order valence-electron chi connectivity index (χ0n) is 10.5. The summed E-state index contributed by atoms with van der Waals surface area (Å²) in [5.74, 6) is 0.635. The number of nitrogens with two attached hydrogens (primary N) is 1. The Morgan fingerprint density at radius 1 is 1.18 bits per heavy atom. The van der Waals surface area contributed by atoms with Gasteiger partial charge in [-0.05, 0) is 25.9 Å². The molecule has 0 saturated carbocycles. The van der Waals surface area contributed by atoms with Crippen molar-refractivity contribution in [1.82, 2.24) is 15.1 Å². The van der Waals surface area contributed by atoms with Gasteiger partial charge >= 0.3 is 0 Å². The van der Waals surface area contributed by atoms with E-state index in [4.69, 9.17) is 5.73 Å². The molecular weight excluding hydrogens is 216 g/mol. The zero-order valence-corrected chi connectivity index (χ0v) is 10.5. The molecule has 2 saturated heterocycles. The number of hydrogen-bond donors (Lipinski definition) is 2. The zero-order chi connectivity index (χ0) is 12.1. The molecule has 5 nitrogen and oxygen atoms in total. The Kier molecular flexibility index (Phi) is 4.76. The van der Waals surface area contributed by atoms with Crippen LogP contribution in [0.5, 0.6) is 0 Å². The standard InChI is InChI=1S/C12H24N4O/c13-3-6-15-7-9-16(10-8-15)12(17)11-1-4-14-5-2-11/h11,14H,1-10,13H2. The fourth-order valence-corrected chi connectivity index (χ4v) is 2.70. The SMILES string of the molecule is NCCN1CCN(C(=O)C2CCNCC2)CC1. The first-order valence-corrected chi connectivity index (χ1v) is 6.73. The van der Waals surface area contributed by atoms with E-state index in [0.29, 0.717) is 12.5 Å². The summed E-state index contributed by atoms with van der Waals surface area (Å²) in [6.07, 6.45) is 2.00. The molecule has 0 aromatic rings. The van der Waals surface area contributed by atoms with Crippen LogP contribution in [0.15, 0.2) is 0 Å². The van der Waals surface area contributed by atoms with Gasteiger partial charge in [-0.15, -0.1) is 0 Å². The van der Waals surface area contributed by atoms with Crippen molar-refractivity contribution in [1.29, 1.82) is 0 Å². The Morgan fingerprint density at radius 3 is 2.41 bits per heavy atom. The van der Waals surface area contributed by atoms with E-state index in [0.717, 1.165) is 58.7 Å². The molecule has 0 radical (unpaired) electrons. The summed E-state index contributed by atoms with van der Waals surface area (Å²) in [6.45, 7) is 7.36. The van der Waals surface area contributed by atoms with Crippen LogP contribution < -0.4 is 11.1 Å². The number of nitrogens with one attached hydrogen (secondary N) is 1. The fourth-order valence-electron chi connectivity index (χ4n) is 2.70. The van der Waals surface area contributed by atoms with E-state index in [1.54, 1.807) is 0 Å². The Morgan fingerprint density at radius 2 is 1.82 bits per heavy atom. The quantitative estimate of drug-likeness (QED) is 0.670. The van der Waals surface area contributed by atoms with Gasteiger partial charge in [-0.3, -0.25) is 9.69 Å². The van der Waals surface area contributed by atoms with Crippen LogP contribution in [0.2, 0.25) is 0 Å². The number of piperidine rings is 1. The lowest BCUT2D eigenvalue weighted by molar-refractivity contribution is -0.138. The molecule has 1 amide bonds. The van der Waals surface area contributed by atoms with Crippen molar-refractivity contribution >= 4 is 5.91 Å². The smallest absolute Gasteiger partial charge is 0.225 e. The summed E-state index contributed by atoms with van der Waals surface area (Å²) >= 11 is 0. The number of carbonyl (C=O) groups excluding carboxylic acids is 1. The van der Waals surface area contributed by atoms with E-state index in [1.165, 1.54) is 0 Å². The van der Waals surface area contributed by atoms with Crippen LogP contribution in [0.25, 0.3) is 0 Å². The minimum Gasteiger partial charge on any atom is -0.340 e. The predicted octanol–water partition coefficient (Wildman–Crippen LogP) is -0.911. The summed E-state index contributed by atoms with van der Waals surface area (Å²) in [7, 11) is 0. The summed E-state index contributed by atoms with van der Waals surface area (Å²) < 4.78 is 0. The van der Waals surface area contributed by atoms with Gasteiger partial charge in [-0.1, -0.05) is 0 Å². The van der Waals surface area contributed by atoms with Gasteiger partial charge in [0.1, 0.15) is 0 Å². The minimum absolute atomic E-state index is 0.261. The number of amides is 1. The molecule has 5 heteroatoms. The normalized spacial score (nSPS) is 23.9. The molecule has 0 aliphatic carbocycles. The Balaban J connectivity index is 1.77. The van der Waals surface area contributed by atoms with E-state index in [1.807, 2.05) is 4.90 Å². The second-order valence-electron chi connectivity index (χ2n) is 4.98. The second kappa shape index (κ2) is 6.33. The van der Waals surface area contributed by atoms with Gasteiger partial charge in [-0.25, -0.2) is 0 Å². The van der Waals surface area contributed by atoms with Gasteiger partial charge in [0.2, 0.25) is 5.91 Å². The summed E-state index contributed by atoms with van der Waals surface area (Å²) in [6, 6.07) is 0. The Bertz CT molecular complexity index is 245. The highest BCUT2D eigenvalue weighted by Crippen LogP contribution is 2.16. The first-order valence-electron chi connectivity index (χ1n) is 6.73.